The van der Waals surface area contributed by atoms with Gasteiger partial charge in [0.2, 0.25) is 11.8 Å². The predicted octanol–water partition coefficient (Wildman–Crippen LogP) is 1.82. The van der Waals surface area contributed by atoms with Crippen molar-refractivity contribution in [3.63, 3.8) is 0 Å². The SMILES string of the molecule is C=CCOC(=O)[C@@H]1[C@H]2C(=O)N(CCCO)C(C(=O)N(CC=C)C3CCCCC3)C23CC[C@H]1O3. The zero-order valence-corrected chi connectivity index (χ0v) is 19.3. The highest BCUT2D eigenvalue weighted by Crippen LogP contribution is 2.59. The number of amides is 2. The number of carbonyl (C=O) groups is 3. The van der Waals surface area contributed by atoms with Crippen LogP contribution in [0.15, 0.2) is 25.3 Å². The second-order valence-corrected chi connectivity index (χ2v) is 9.65. The Morgan fingerprint density at radius 1 is 1.21 bits per heavy atom. The van der Waals surface area contributed by atoms with Crippen molar-refractivity contribution in [2.75, 3.05) is 26.3 Å². The largest absolute Gasteiger partial charge is 0.461 e. The third-order valence-corrected chi connectivity index (χ3v) is 7.83. The lowest BCUT2D eigenvalue weighted by molar-refractivity contribution is -0.154. The summed E-state index contributed by atoms with van der Waals surface area (Å²) in [5.41, 5.74) is -1.03. The van der Waals surface area contributed by atoms with E-state index in [-0.39, 0.29) is 37.6 Å². The molecule has 8 heteroatoms. The second-order valence-electron chi connectivity index (χ2n) is 9.65. The molecule has 33 heavy (non-hydrogen) atoms. The molecule has 3 heterocycles. The Labute approximate surface area is 195 Å². The summed E-state index contributed by atoms with van der Waals surface area (Å²) in [7, 11) is 0. The molecule has 0 aromatic carbocycles. The minimum absolute atomic E-state index is 0.0708. The first-order valence-electron chi connectivity index (χ1n) is 12.3. The van der Waals surface area contributed by atoms with Gasteiger partial charge < -0.3 is 24.4 Å². The van der Waals surface area contributed by atoms with Gasteiger partial charge in [0.25, 0.3) is 0 Å². The zero-order valence-electron chi connectivity index (χ0n) is 19.3. The van der Waals surface area contributed by atoms with Crippen molar-refractivity contribution < 1.29 is 29.0 Å². The fourth-order valence-corrected chi connectivity index (χ4v) is 6.53. The third-order valence-electron chi connectivity index (χ3n) is 7.83. The van der Waals surface area contributed by atoms with E-state index >= 15 is 0 Å². The number of aliphatic hydroxyl groups is 1. The van der Waals surface area contributed by atoms with E-state index in [2.05, 4.69) is 13.2 Å². The van der Waals surface area contributed by atoms with Crippen molar-refractivity contribution in [1.82, 2.24) is 9.80 Å². The molecule has 3 aliphatic heterocycles. The van der Waals surface area contributed by atoms with Gasteiger partial charge in [-0.3, -0.25) is 14.4 Å². The van der Waals surface area contributed by atoms with Gasteiger partial charge in [-0.25, -0.2) is 0 Å². The third kappa shape index (κ3) is 4.01. The summed E-state index contributed by atoms with van der Waals surface area (Å²) in [6.45, 7) is 8.09. The molecule has 2 bridgehead atoms. The number of nitrogens with zero attached hydrogens (tertiary/aromatic N) is 2. The van der Waals surface area contributed by atoms with Crippen LogP contribution in [0.3, 0.4) is 0 Å². The molecular formula is C25H36N2O6. The molecule has 1 aliphatic carbocycles. The van der Waals surface area contributed by atoms with E-state index in [4.69, 9.17) is 9.47 Å². The predicted molar refractivity (Wildman–Crippen MR) is 121 cm³/mol. The molecule has 3 saturated heterocycles. The maximum atomic E-state index is 14.1. The quantitative estimate of drug-likeness (QED) is 0.395. The maximum Gasteiger partial charge on any atom is 0.312 e. The highest BCUT2D eigenvalue weighted by Gasteiger charge is 2.75. The first kappa shape index (κ1) is 24.0. The van der Waals surface area contributed by atoms with Crippen LogP contribution in [0.4, 0.5) is 0 Å². The van der Waals surface area contributed by atoms with Gasteiger partial charge in [-0.15, -0.1) is 6.58 Å². The molecule has 4 rings (SSSR count). The zero-order chi connectivity index (χ0) is 23.6. The molecule has 8 nitrogen and oxygen atoms in total. The van der Waals surface area contributed by atoms with Crippen molar-refractivity contribution in [1.29, 1.82) is 0 Å². The number of likely N-dealkylation sites (tertiary alicyclic amines) is 1. The summed E-state index contributed by atoms with van der Waals surface area (Å²) in [6.07, 6.45) is 9.53. The molecule has 1 spiro atoms. The smallest absolute Gasteiger partial charge is 0.312 e. The van der Waals surface area contributed by atoms with Crippen LogP contribution >= 0.6 is 0 Å². The lowest BCUT2D eigenvalue weighted by Gasteiger charge is -2.40. The standard InChI is InChI=1S/C25H36N2O6/c1-3-13-26(17-9-6-5-7-10-17)23(30)21-25-12-11-18(33-25)19(24(31)32-16-4-2)20(25)22(29)27(21)14-8-15-28/h3-4,17-21,28H,1-2,5-16H2/t18-,19+,20+,21?,25?/m1/s1. The number of hydrogen-bond donors (Lipinski definition) is 1. The minimum atomic E-state index is -1.03. The average molecular weight is 461 g/mol. The van der Waals surface area contributed by atoms with E-state index in [1.807, 2.05) is 4.90 Å². The number of fused-ring (bicyclic) bond motifs is 1. The van der Waals surface area contributed by atoms with Crippen LogP contribution in [0.25, 0.3) is 0 Å². The van der Waals surface area contributed by atoms with Crippen LogP contribution in [0.5, 0.6) is 0 Å². The van der Waals surface area contributed by atoms with Crippen LogP contribution in [0.1, 0.15) is 51.4 Å². The van der Waals surface area contributed by atoms with E-state index in [9.17, 15) is 19.5 Å². The van der Waals surface area contributed by atoms with Crippen molar-refractivity contribution in [2.24, 2.45) is 11.8 Å². The summed E-state index contributed by atoms with van der Waals surface area (Å²) >= 11 is 0. The molecule has 2 amide bonds. The molecule has 4 aliphatic rings. The Bertz CT molecular complexity index is 794. The molecule has 182 valence electrons. The van der Waals surface area contributed by atoms with Gasteiger partial charge in [-0.05, 0) is 32.1 Å². The summed E-state index contributed by atoms with van der Waals surface area (Å²) < 4.78 is 11.7. The van der Waals surface area contributed by atoms with Gasteiger partial charge in [0.1, 0.15) is 18.2 Å². The topological polar surface area (TPSA) is 96.4 Å². The van der Waals surface area contributed by atoms with Crippen molar-refractivity contribution in [3.8, 4) is 0 Å². The first-order valence-corrected chi connectivity index (χ1v) is 12.3. The number of ether oxygens (including phenoxy) is 2. The molecule has 5 atom stereocenters. The molecule has 1 saturated carbocycles. The monoisotopic (exact) mass is 460 g/mol. The van der Waals surface area contributed by atoms with E-state index in [1.54, 1.807) is 11.0 Å². The fourth-order valence-electron chi connectivity index (χ4n) is 6.53. The van der Waals surface area contributed by atoms with Crippen molar-refractivity contribution in [2.45, 2.75) is 75.2 Å². The lowest BCUT2D eigenvalue weighted by atomic mass is 9.70. The number of rotatable bonds is 10. The molecule has 4 fully saturated rings. The Kier molecular flexibility index (Phi) is 7.24. The fraction of sp³-hybridized carbons (Fsp3) is 0.720. The lowest BCUT2D eigenvalue weighted by Crippen LogP contribution is -2.58. The molecule has 0 radical (unpaired) electrons. The number of carbonyl (C=O) groups excluding carboxylic acids is 3. The van der Waals surface area contributed by atoms with E-state index in [0.717, 1.165) is 25.7 Å². The molecule has 0 aromatic heterocycles. The van der Waals surface area contributed by atoms with Gasteiger partial charge in [0, 0.05) is 25.7 Å². The first-order chi connectivity index (χ1) is 16.0. The van der Waals surface area contributed by atoms with Crippen molar-refractivity contribution in [3.05, 3.63) is 25.3 Å². The van der Waals surface area contributed by atoms with Crippen LogP contribution in [-0.2, 0) is 23.9 Å². The Morgan fingerprint density at radius 2 is 1.97 bits per heavy atom. The maximum absolute atomic E-state index is 14.1. The van der Waals surface area contributed by atoms with Gasteiger partial charge in [-0.1, -0.05) is 38.0 Å². The normalized spacial score (nSPS) is 33.1. The van der Waals surface area contributed by atoms with Gasteiger partial charge >= 0.3 is 5.97 Å². The summed E-state index contributed by atoms with van der Waals surface area (Å²) in [5.74, 6) is -2.30. The van der Waals surface area contributed by atoms with Gasteiger partial charge in [-0.2, -0.15) is 0 Å². The Balaban J connectivity index is 1.68. The van der Waals surface area contributed by atoms with E-state index in [0.29, 0.717) is 25.8 Å². The average Bonchev–Trinajstić information content (AvgIpc) is 3.47. The number of hydrogen-bond acceptors (Lipinski definition) is 6. The minimum Gasteiger partial charge on any atom is -0.461 e. The summed E-state index contributed by atoms with van der Waals surface area (Å²) in [5, 5.41) is 9.44. The second kappa shape index (κ2) is 9.97. The number of aliphatic hydroxyl groups excluding tert-OH is 1. The molecule has 2 unspecified atom stereocenters. The van der Waals surface area contributed by atoms with E-state index < -0.39 is 35.6 Å². The van der Waals surface area contributed by atoms with Crippen molar-refractivity contribution >= 4 is 17.8 Å². The van der Waals surface area contributed by atoms with Crippen LogP contribution < -0.4 is 0 Å². The molecule has 1 N–H and O–H groups in total. The highest BCUT2D eigenvalue weighted by atomic mass is 16.6. The van der Waals surface area contributed by atoms with E-state index in [1.165, 1.54) is 12.5 Å². The van der Waals surface area contributed by atoms with Gasteiger partial charge in [0.15, 0.2) is 0 Å². The van der Waals surface area contributed by atoms with Crippen LogP contribution in [-0.4, -0.2) is 82.8 Å². The molecular weight excluding hydrogens is 424 g/mol. The Hall–Kier alpha value is -2.19. The highest BCUT2D eigenvalue weighted by molar-refractivity contribution is 5.98. The van der Waals surface area contributed by atoms with Crippen LogP contribution in [0.2, 0.25) is 0 Å². The Morgan fingerprint density at radius 3 is 2.64 bits per heavy atom. The van der Waals surface area contributed by atoms with Crippen LogP contribution in [0, 0.1) is 11.8 Å². The summed E-state index contributed by atoms with van der Waals surface area (Å²) in [6, 6.07) is -0.688. The summed E-state index contributed by atoms with van der Waals surface area (Å²) in [4.78, 5) is 44.1. The molecule has 0 aromatic rings. The van der Waals surface area contributed by atoms with Gasteiger partial charge in [0.05, 0.1) is 17.9 Å². The number of esters is 1.